The molecule has 0 unspecified atom stereocenters. The number of allylic oxidation sites excluding steroid dienone is 2. The van der Waals surface area contributed by atoms with E-state index >= 15 is 0 Å². The Morgan fingerprint density at radius 2 is 1.70 bits per heavy atom. The number of benzene rings is 1. The van der Waals surface area contributed by atoms with Crippen LogP contribution < -0.4 is 10.6 Å². The SMILES string of the molecule is CCOC(=O)C1=C(N)OC(C)=C(C(C)=O)[C@@H]1c1ccc(N(CC)CC)cc1. The Morgan fingerprint density at radius 3 is 2.19 bits per heavy atom. The molecule has 6 nitrogen and oxygen atoms in total. The van der Waals surface area contributed by atoms with Crippen LogP contribution in [0, 0.1) is 0 Å². The van der Waals surface area contributed by atoms with Crippen molar-refractivity contribution < 1.29 is 19.1 Å². The third-order valence-corrected chi connectivity index (χ3v) is 4.71. The maximum atomic E-state index is 12.6. The van der Waals surface area contributed by atoms with Crippen LogP contribution in [0.1, 0.15) is 46.1 Å². The predicted octanol–water partition coefficient (Wildman–Crippen LogP) is 3.24. The average molecular weight is 372 g/mol. The second-order valence-electron chi connectivity index (χ2n) is 6.32. The molecule has 1 aliphatic heterocycles. The number of hydrogen-bond donors (Lipinski definition) is 1. The minimum atomic E-state index is -0.610. The van der Waals surface area contributed by atoms with Gasteiger partial charge in [0.1, 0.15) is 11.3 Å². The van der Waals surface area contributed by atoms with E-state index in [1.54, 1.807) is 13.8 Å². The van der Waals surface area contributed by atoms with E-state index in [1.807, 2.05) is 24.3 Å². The number of nitrogens with two attached hydrogens (primary N) is 1. The Kier molecular flexibility index (Phi) is 6.66. The summed E-state index contributed by atoms with van der Waals surface area (Å²) in [5.74, 6) is -0.959. The van der Waals surface area contributed by atoms with Crippen LogP contribution >= 0.6 is 0 Å². The van der Waals surface area contributed by atoms with E-state index < -0.39 is 11.9 Å². The Bertz CT molecular complexity index is 774. The van der Waals surface area contributed by atoms with Gasteiger partial charge in [0.05, 0.1) is 12.5 Å². The van der Waals surface area contributed by atoms with Crippen molar-refractivity contribution in [3.63, 3.8) is 0 Å². The molecule has 0 radical (unpaired) electrons. The van der Waals surface area contributed by atoms with Crippen LogP contribution in [0.25, 0.3) is 0 Å². The quantitative estimate of drug-likeness (QED) is 0.740. The summed E-state index contributed by atoms with van der Waals surface area (Å²) in [7, 11) is 0. The molecule has 6 heteroatoms. The van der Waals surface area contributed by atoms with Gasteiger partial charge in [-0.25, -0.2) is 4.79 Å². The van der Waals surface area contributed by atoms with Crippen molar-refractivity contribution in [2.45, 2.75) is 40.5 Å². The molecule has 1 aromatic carbocycles. The van der Waals surface area contributed by atoms with E-state index in [4.69, 9.17) is 15.2 Å². The predicted molar refractivity (Wildman–Crippen MR) is 105 cm³/mol. The third kappa shape index (κ3) is 4.15. The van der Waals surface area contributed by atoms with Crippen LogP contribution in [0.2, 0.25) is 0 Å². The third-order valence-electron chi connectivity index (χ3n) is 4.71. The Morgan fingerprint density at radius 1 is 1.11 bits per heavy atom. The molecule has 0 fully saturated rings. The van der Waals surface area contributed by atoms with Crippen LogP contribution in [0.4, 0.5) is 5.69 Å². The average Bonchev–Trinajstić information content (AvgIpc) is 2.62. The van der Waals surface area contributed by atoms with Crippen molar-refractivity contribution in [1.29, 1.82) is 0 Å². The van der Waals surface area contributed by atoms with Gasteiger partial charge in [-0.15, -0.1) is 0 Å². The number of ether oxygens (including phenoxy) is 2. The van der Waals surface area contributed by atoms with Crippen LogP contribution in [-0.4, -0.2) is 31.4 Å². The zero-order valence-corrected chi connectivity index (χ0v) is 16.7. The maximum Gasteiger partial charge on any atom is 0.340 e. The first-order valence-corrected chi connectivity index (χ1v) is 9.26. The van der Waals surface area contributed by atoms with Gasteiger partial charge in [-0.2, -0.15) is 0 Å². The van der Waals surface area contributed by atoms with Crippen LogP contribution in [0.5, 0.6) is 0 Å². The Balaban J connectivity index is 2.56. The molecule has 0 saturated carbocycles. The van der Waals surface area contributed by atoms with E-state index in [9.17, 15) is 9.59 Å². The number of esters is 1. The highest BCUT2D eigenvalue weighted by Gasteiger charge is 2.37. The summed E-state index contributed by atoms with van der Waals surface area (Å²) >= 11 is 0. The van der Waals surface area contributed by atoms with Crippen molar-refractivity contribution in [3.05, 3.63) is 52.6 Å². The maximum absolute atomic E-state index is 12.6. The van der Waals surface area contributed by atoms with Crippen molar-refractivity contribution >= 4 is 17.4 Å². The fraction of sp³-hybridized carbons (Fsp3) is 0.429. The van der Waals surface area contributed by atoms with Crippen molar-refractivity contribution in [2.24, 2.45) is 5.73 Å². The lowest BCUT2D eigenvalue weighted by Crippen LogP contribution is -2.29. The molecule has 2 N–H and O–H groups in total. The van der Waals surface area contributed by atoms with Crippen molar-refractivity contribution in [1.82, 2.24) is 0 Å². The van der Waals surface area contributed by atoms with Crippen LogP contribution in [-0.2, 0) is 19.1 Å². The second kappa shape index (κ2) is 8.75. The summed E-state index contributed by atoms with van der Waals surface area (Å²) < 4.78 is 10.7. The minimum Gasteiger partial charge on any atom is -0.462 e. The number of rotatable bonds is 7. The first kappa shape index (κ1) is 20.6. The highest BCUT2D eigenvalue weighted by Crippen LogP contribution is 2.40. The summed E-state index contributed by atoms with van der Waals surface area (Å²) in [6.07, 6.45) is 0. The van der Waals surface area contributed by atoms with E-state index in [2.05, 4.69) is 18.7 Å². The van der Waals surface area contributed by atoms with Crippen molar-refractivity contribution in [3.8, 4) is 0 Å². The number of ketones is 1. The molecule has 1 atom stereocenters. The summed E-state index contributed by atoms with van der Waals surface area (Å²) in [6.45, 7) is 11.1. The summed E-state index contributed by atoms with van der Waals surface area (Å²) in [4.78, 5) is 27.1. The van der Waals surface area contributed by atoms with Gasteiger partial charge >= 0.3 is 5.97 Å². The van der Waals surface area contributed by atoms with Gasteiger partial charge in [0.2, 0.25) is 5.88 Å². The summed E-state index contributed by atoms with van der Waals surface area (Å²) in [6, 6.07) is 7.83. The van der Waals surface area contributed by atoms with Gasteiger partial charge in [-0.05, 0) is 52.3 Å². The molecule has 1 aromatic rings. The standard InChI is InChI=1S/C21H28N2O4/c1-6-23(7-2)16-11-9-15(10-12-16)18-17(13(4)24)14(5)27-20(22)19(18)21(25)26-8-3/h9-12,18H,6-8,22H2,1-5H3/t18-/m0/s1. The number of anilines is 1. The lowest BCUT2D eigenvalue weighted by Gasteiger charge is -2.29. The summed E-state index contributed by atoms with van der Waals surface area (Å²) in [5, 5.41) is 0. The van der Waals surface area contributed by atoms with Crippen molar-refractivity contribution in [2.75, 3.05) is 24.6 Å². The van der Waals surface area contributed by atoms with E-state index in [1.165, 1.54) is 6.92 Å². The highest BCUT2D eigenvalue weighted by atomic mass is 16.5. The molecule has 146 valence electrons. The van der Waals surface area contributed by atoms with E-state index in [0.717, 1.165) is 24.3 Å². The Labute approximate surface area is 160 Å². The molecule has 0 aromatic heterocycles. The van der Waals surface area contributed by atoms with Gasteiger partial charge in [0.15, 0.2) is 5.78 Å². The van der Waals surface area contributed by atoms with Crippen LogP contribution in [0.3, 0.4) is 0 Å². The largest absolute Gasteiger partial charge is 0.462 e. The molecule has 0 bridgehead atoms. The molecule has 0 spiro atoms. The number of nitrogens with zero attached hydrogens (tertiary/aromatic N) is 1. The van der Waals surface area contributed by atoms with Gasteiger partial charge < -0.3 is 20.1 Å². The van der Waals surface area contributed by atoms with Gasteiger partial charge in [0.25, 0.3) is 0 Å². The minimum absolute atomic E-state index is 0.0197. The second-order valence-corrected chi connectivity index (χ2v) is 6.32. The Hall–Kier alpha value is -2.76. The number of carbonyl (C=O) groups excluding carboxylic acids is 2. The van der Waals surface area contributed by atoms with Gasteiger partial charge in [-0.3, -0.25) is 4.79 Å². The molecule has 1 heterocycles. The number of carbonyl (C=O) groups is 2. The van der Waals surface area contributed by atoms with Crippen LogP contribution in [0.15, 0.2) is 47.1 Å². The molecule has 2 rings (SSSR count). The fourth-order valence-electron chi connectivity index (χ4n) is 3.44. The van der Waals surface area contributed by atoms with Gasteiger partial charge in [0, 0.05) is 24.4 Å². The van der Waals surface area contributed by atoms with Gasteiger partial charge in [-0.1, -0.05) is 12.1 Å². The van der Waals surface area contributed by atoms with E-state index in [-0.39, 0.29) is 23.8 Å². The summed E-state index contributed by atoms with van der Waals surface area (Å²) in [5.41, 5.74) is 8.48. The molecular weight excluding hydrogens is 344 g/mol. The number of Topliss-reactive ketones (excluding diaryl/α,β-unsaturated/α-hetero) is 1. The normalized spacial score (nSPS) is 16.9. The lowest BCUT2D eigenvalue weighted by atomic mass is 9.81. The number of hydrogen-bond acceptors (Lipinski definition) is 6. The lowest BCUT2D eigenvalue weighted by molar-refractivity contribution is -0.139. The zero-order valence-electron chi connectivity index (χ0n) is 16.7. The zero-order chi connectivity index (χ0) is 20.1. The monoisotopic (exact) mass is 372 g/mol. The fourth-order valence-corrected chi connectivity index (χ4v) is 3.44. The molecule has 1 aliphatic rings. The highest BCUT2D eigenvalue weighted by molar-refractivity contribution is 6.01. The molecular formula is C21H28N2O4. The van der Waals surface area contributed by atoms with E-state index in [0.29, 0.717) is 11.3 Å². The first-order valence-electron chi connectivity index (χ1n) is 9.26. The molecule has 27 heavy (non-hydrogen) atoms. The smallest absolute Gasteiger partial charge is 0.340 e. The molecule has 0 amide bonds. The first-order chi connectivity index (χ1) is 12.8. The topological polar surface area (TPSA) is 81.9 Å². The molecule has 0 saturated heterocycles. The molecule has 0 aliphatic carbocycles.